The molecular weight excluding hydrogens is 374 g/mol. The molecule has 1 amide bonds. The Hall–Kier alpha value is -2.79. The van der Waals surface area contributed by atoms with Crippen LogP contribution in [0.4, 0.5) is 5.69 Å². The second kappa shape index (κ2) is 8.48. The van der Waals surface area contributed by atoms with Crippen molar-refractivity contribution in [1.82, 2.24) is 9.78 Å². The van der Waals surface area contributed by atoms with Crippen LogP contribution in [0, 0.1) is 13.8 Å². The van der Waals surface area contributed by atoms with Crippen LogP contribution < -0.4 is 10.1 Å². The highest BCUT2D eigenvalue weighted by Gasteiger charge is 2.16. The third-order valence-corrected chi connectivity index (χ3v) is 4.75. The fourth-order valence-electron chi connectivity index (χ4n) is 2.96. The van der Waals surface area contributed by atoms with Gasteiger partial charge in [0.15, 0.2) is 0 Å². The number of nitrogens with zero attached hydrogens (tertiary/aromatic N) is 2. The fourth-order valence-corrected chi connectivity index (χ4v) is 3.16. The summed E-state index contributed by atoms with van der Waals surface area (Å²) in [4.78, 5) is 12.7. The van der Waals surface area contributed by atoms with Gasteiger partial charge in [0.05, 0.1) is 29.7 Å². The molecule has 0 unspecified atom stereocenters. The summed E-state index contributed by atoms with van der Waals surface area (Å²) in [5, 5.41) is 8.24. The molecule has 0 saturated heterocycles. The van der Waals surface area contributed by atoms with E-state index >= 15 is 0 Å². The number of hydrogen-bond acceptors (Lipinski definition) is 3. The smallest absolute Gasteiger partial charge is 0.255 e. The standard InChI is InChI=1S/C22H24ClN3O2/c1-14(2)28-19-11-9-17(10-12-19)22(27)24-21-15(3)25-26(16(21)4)13-18-7-5-6-8-20(18)23/h5-12,14H,13H2,1-4H3,(H,24,27). The zero-order valence-electron chi connectivity index (χ0n) is 16.5. The molecule has 3 rings (SSSR count). The van der Waals surface area contributed by atoms with Gasteiger partial charge in [0.25, 0.3) is 5.91 Å². The average Bonchev–Trinajstić information content (AvgIpc) is 2.91. The van der Waals surface area contributed by atoms with Crippen molar-refractivity contribution >= 4 is 23.2 Å². The Bertz CT molecular complexity index is 978. The van der Waals surface area contributed by atoms with E-state index in [-0.39, 0.29) is 12.0 Å². The molecule has 0 fully saturated rings. The van der Waals surface area contributed by atoms with E-state index in [9.17, 15) is 4.79 Å². The van der Waals surface area contributed by atoms with Gasteiger partial charge in [-0.2, -0.15) is 5.10 Å². The molecule has 28 heavy (non-hydrogen) atoms. The van der Waals surface area contributed by atoms with Gasteiger partial charge in [-0.25, -0.2) is 0 Å². The number of aromatic nitrogens is 2. The first-order valence-electron chi connectivity index (χ1n) is 9.20. The van der Waals surface area contributed by atoms with Gasteiger partial charge < -0.3 is 10.1 Å². The van der Waals surface area contributed by atoms with Crippen LogP contribution in [0.3, 0.4) is 0 Å². The number of hydrogen-bond donors (Lipinski definition) is 1. The van der Waals surface area contributed by atoms with E-state index in [0.29, 0.717) is 17.1 Å². The molecule has 3 aromatic rings. The predicted octanol–water partition coefficient (Wildman–Crippen LogP) is 5.24. The SMILES string of the molecule is Cc1nn(Cc2ccccc2Cl)c(C)c1NC(=O)c1ccc(OC(C)C)cc1. The number of anilines is 1. The van der Waals surface area contributed by atoms with Crippen molar-refractivity contribution in [3.63, 3.8) is 0 Å². The molecule has 1 N–H and O–H groups in total. The summed E-state index contributed by atoms with van der Waals surface area (Å²) in [6.07, 6.45) is 0.0916. The van der Waals surface area contributed by atoms with Crippen molar-refractivity contribution < 1.29 is 9.53 Å². The molecule has 0 bridgehead atoms. The summed E-state index contributed by atoms with van der Waals surface area (Å²) >= 11 is 6.26. The molecule has 0 saturated carbocycles. The Morgan fingerprint density at radius 1 is 1.14 bits per heavy atom. The molecule has 0 aliphatic heterocycles. The maximum absolute atomic E-state index is 12.7. The largest absolute Gasteiger partial charge is 0.491 e. The van der Waals surface area contributed by atoms with Crippen molar-refractivity contribution in [1.29, 1.82) is 0 Å². The van der Waals surface area contributed by atoms with Crippen LogP contribution in [-0.4, -0.2) is 21.8 Å². The summed E-state index contributed by atoms with van der Waals surface area (Å²) in [5.74, 6) is 0.561. The zero-order chi connectivity index (χ0) is 20.3. The minimum absolute atomic E-state index is 0.0916. The second-order valence-electron chi connectivity index (χ2n) is 6.94. The van der Waals surface area contributed by atoms with Crippen LogP contribution in [0.1, 0.15) is 41.2 Å². The Kier molecular flexibility index (Phi) is 6.05. The van der Waals surface area contributed by atoms with Crippen LogP contribution in [0.2, 0.25) is 5.02 Å². The van der Waals surface area contributed by atoms with E-state index in [1.807, 2.05) is 56.6 Å². The lowest BCUT2D eigenvalue weighted by Gasteiger charge is -2.11. The number of halogens is 1. The fraction of sp³-hybridized carbons (Fsp3) is 0.273. The van der Waals surface area contributed by atoms with Crippen LogP contribution in [-0.2, 0) is 6.54 Å². The van der Waals surface area contributed by atoms with Crippen molar-refractivity contribution in [3.8, 4) is 5.75 Å². The molecule has 2 aromatic carbocycles. The van der Waals surface area contributed by atoms with E-state index in [1.165, 1.54) is 0 Å². The molecule has 0 atom stereocenters. The lowest BCUT2D eigenvalue weighted by molar-refractivity contribution is 0.102. The van der Waals surface area contributed by atoms with Gasteiger partial charge in [-0.1, -0.05) is 29.8 Å². The Morgan fingerprint density at radius 2 is 1.82 bits per heavy atom. The van der Waals surface area contributed by atoms with Gasteiger partial charge in [0.2, 0.25) is 0 Å². The number of aryl methyl sites for hydroxylation is 1. The highest BCUT2D eigenvalue weighted by atomic mass is 35.5. The predicted molar refractivity (Wildman–Crippen MR) is 112 cm³/mol. The van der Waals surface area contributed by atoms with Crippen LogP contribution >= 0.6 is 11.6 Å². The van der Waals surface area contributed by atoms with Crippen LogP contribution in [0.5, 0.6) is 5.75 Å². The van der Waals surface area contributed by atoms with Crippen LogP contribution in [0.25, 0.3) is 0 Å². The van der Waals surface area contributed by atoms with Crippen molar-refractivity contribution in [2.45, 2.75) is 40.3 Å². The Morgan fingerprint density at radius 3 is 2.46 bits per heavy atom. The quantitative estimate of drug-likeness (QED) is 0.618. The molecule has 0 aliphatic rings. The molecule has 5 nitrogen and oxygen atoms in total. The number of carbonyl (C=O) groups is 1. The maximum Gasteiger partial charge on any atom is 0.255 e. The average molecular weight is 398 g/mol. The summed E-state index contributed by atoms with van der Waals surface area (Å²) < 4.78 is 7.47. The number of rotatable bonds is 6. The zero-order valence-corrected chi connectivity index (χ0v) is 17.2. The Labute approximate surface area is 170 Å². The van der Waals surface area contributed by atoms with E-state index in [4.69, 9.17) is 16.3 Å². The minimum atomic E-state index is -0.181. The van der Waals surface area contributed by atoms with E-state index < -0.39 is 0 Å². The monoisotopic (exact) mass is 397 g/mol. The first-order chi connectivity index (χ1) is 13.3. The van der Waals surface area contributed by atoms with Crippen LogP contribution in [0.15, 0.2) is 48.5 Å². The molecule has 1 aromatic heterocycles. The molecule has 146 valence electrons. The van der Waals surface area contributed by atoms with Gasteiger partial charge >= 0.3 is 0 Å². The number of carbonyl (C=O) groups excluding carboxylic acids is 1. The van der Waals surface area contributed by atoms with Gasteiger partial charge in [0.1, 0.15) is 5.75 Å². The lowest BCUT2D eigenvalue weighted by atomic mass is 10.2. The normalized spacial score (nSPS) is 10.9. The lowest BCUT2D eigenvalue weighted by Crippen LogP contribution is -2.13. The number of nitrogens with one attached hydrogen (secondary N) is 1. The van der Waals surface area contributed by atoms with Crippen molar-refractivity contribution in [2.24, 2.45) is 0 Å². The van der Waals surface area contributed by atoms with Gasteiger partial charge in [-0.3, -0.25) is 9.48 Å². The molecule has 0 radical (unpaired) electrons. The third-order valence-electron chi connectivity index (χ3n) is 4.39. The highest BCUT2D eigenvalue weighted by molar-refractivity contribution is 6.31. The summed E-state index contributed by atoms with van der Waals surface area (Å²) in [6.45, 7) is 8.29. The van der Waals surface area contributed by atoms with Gasteiger partial charge in [0, 0.05) is 10.6 Å². The number of amides is 1. The molecule has 0 aliphatic carbocycles. The van der Waals surface area contributed by atoms with E-state index in [2.05, 4.69) is 10.4 Å². The molecule has 6 heteroatoms. The van der Waals surface area contributed by atoms with Crippen molar-refractivity contribution in [2.75, 3.05) is 5.32 Å². The van der Waals surface area contributed by atoms with E-state index in [0.717, 1.165) is 28.4 Å². The van der Waals surface area contributed by atoms with Gasteiger partial charge in [-0.15, -0.1) is 0 Å². The van der Waals surface area contributed by atoms with E-state index in [1.54, 1.807) is 24.3 Å². The molecule has 1 heterocycles. The topological polar surface area (TPSA) is 56.2 Å². The summed E-state index contributed by atoms with van der Waals surface area (Å²) in [5.41, 5.74) is 3.91. The number of benzene rings is 2. The first-order valence-corrected chi connectivity index (χ1v) is 9.58. The molecule has 0 spiro atoms. The summed E-state index contributed by atoms with van der Waals surface area (Å²) in [7, 11) is 0. The second-order valence-corrected chi connectivity index (χ2v) is 7.35. The minimum Gasteiger partial charge on any atom is -0.491 e. The number of ether oxygens (including phenoxy) is 1. The Balaban J connectivity index is 1.76. The van der Waals surface area contributed by atoms with Crippen molar-refractivity contribution in [3.05, 3.63) is 76.1 Å². The highest BCUT2D eigenvalue weighted by Crippen LogP contribution is 2.24. The summed E-state index contributed by atoms with van der Waals surface area (Å²) in [6, 6.07) is 14.8. The first kappa shape index (κ1) is 20.0. The molecular formula is C22H24ClN3O2. The van der Waals surface area contributed by atoms with Gasteiger partial charge in [-0.05, 0) is 63.6 Å². The maximum atomic E-state index is 12.7. The third kappa shape index (κ3) is 4.54.